The van der Waals surface area contributed by atoms with Crippen LogP contribution < -0.4 is 15.8 Å². The highest BCUT2D eigenvalue weighted by molar-refractivity contribution is 8.00. The molecule has 1 aliphatic heterocycles. The van der Waals surface area contributed by atoms with Crippen molar-refractivity contribution in [3.8, 4) is 0 Å². The molecule has 1 aromatic heterocycles. The van der Waals surface area contributed by atoms with Gasteiger partial charge >= 0.3 is 5.97 Å². The molecule has 2 amide bonds. The third kappa shape index (κ3) is 3.91. The van der Waals surface area contributed by atoms with Gasteiger partial charge in [-0.3, -0.25) is 14.4 Å². The van der Waals surface area contributed by atoms with Gasteiger partial charge in [-0.15, -0.1) is 11.8 Å². The van der Waals surface area contributed by atoms with Gasteiger partial charge in [0.25, 0.3) is 5.56 Å². The van der Waals surface area contributed by atoms with Crippen LogP contribution in [0.25, 0.3) is 0 Å². The predicted octanol–water partition coefficient (Wildman–Crippen LogP) is 1.13. The number of anilines is 2. The normalized spacial score (nSPS) is 13.1. The fraction of sp³-hybridized carbons (Fsp3) is 0.278. The van der Waals surface area contributed by atoms with Crippen LogP contribution in [0.3, 0.4) is 0 Å². The Balaban J connectivity index is 1.80. The van der Waals surface area contributed by atoms with Crippen molar-refractivity contribution in [3.05, 3.63) is 46.4 Å². The minimum atomic E-state index is -0.523. The van der Waals surface area contributed by atoms with E-state index >= 15 is 0 Å². The number of benzene rings is 1. The number of aromatic nitrogens is 2. The predicted molar refractivity (Wildman–Crippen MR) is 104 cm³/mol. The molecule has 9 nitrogen and oxygen atoms in total. The largest absolute Gasteiger partial charge is 0.465 e. The number of nitrogens with one attached hydrogen (secondary N) is 1. The van der Waals surface area contributed by atoms with Crippen LogP contribution in [0.15, 0.2) is 40.2 Å². The second-order valence-electron chi connectivity index (χ2n) is 5.87. The monoisotopic (exact) mass is 402 g/mol. The molecule has 10 heteroatoms. The van der Waals surface area contributed by atoms with Crippen LogP contribution >= 0.6 is 11.8 Å². The van der Waals surface area contributed by atoms with Gasteiger partial charge in [0.05, 0.1) is 29.5 Å². The number of carbonyl (C=O) groups is 3. The zero-order valence-electron chi connectivity index (χ0n) is 15.3. The molecule has 0 aliphatic carbocycles. The maximum atomic E-state index is 12.8. The van der Waals surface area contributed by atoms with E-state index in [0.717, 1.165) is 4.68 Å². The van der Waals surface area contributed by atoms with Gasteiger partial charge in [0.2, 0.25) is 11.8 Å². The molecular formula is C18H18N4O5S. The first kappa shape index (κ1) is 19.6. The number of carbonyl (C=O) groups excluding carboxylic acids is 3. The fourth-order valence-corrected chi connectivity index (χ4v) is 3.68. The molecule has 1 aliphatic rings. The number of nitrogens with zero attached hydrogens (tertiary/aromatic N) is 3. The van der Waals surface area contributed by atoms with Crippen molar-refractivity contribution in [2.75, 3.05) is 29.6 Å². The van der Waals surface area contributed by atoms with Crippen molar-refractivity contribution < 1.29 is 19.1 Å². The molecule has 1 aromatic carbocycles. The van der Waals surface area contributed by atoms with Crippen molar-refractivity contribution >= 4 is 40.9 Å². The highest BCUT2D eigenvalue weighted by Gasteiger charge is 2.28. The summed E-state index contributed by atoms with van der Waals surface area (Å²) in [4.78, 5) is 50.8. The van der Waals surface area contributed by atoms with E-state index in [2.05, 4.69) is 15.2 Å². The van der Waals surface area contributed by atoms with Crippen molar-refractivity contribution in [1.29, 1.82) is 0 Å². The Morgan fingerprint density at radius 1 is 1.32 bits per heavy atom. The van der Waals surface area contributed by atoms with Gasteiger partial charge in [0.15, 0.2) is 0 Å². The molecule has 1 N–H and O–H groups in total. The number of ether oxygens (including phenoxy) is 1. The molecule has 0 radical (unpaired) electrons. The molecule has 0 saturated carbocycles. The molecule has 2 aromatic rings. The number of methoxy groups -OCH3 is 1. The summed E-state index contributed by atoms with van der Waals surface area (Å²) in [6.45, 7) is 1.81. The lowest BCUT2D eigenvalue weighted by atomic mass is 10.2. The Morgan fingerprint density at radius 2 is 2.11 bits per heavy atom. The molecule has 2 heterocycles. The number of amides is 2. The van der Waals surface area contributed by atoms with Gasteiger partial charge in [0.1, 0.15) is 12.2 Å². The fourth-order valence-electron chi connectivity index (χ4n) is 2.78. The number of hydrogen-bond acceptors (Lipinski definition) is 7. The third-order valence-corrected chi connectivity index (χ3v) is 5.08. The minimum absolute atomic E-state index is 0.154. The van der Waals surface area contributed by atoms with Crippen LogP contribution in [0, 0.1) is 0 Å². The summed E-state index contributed by atoms with van der Waals surface area (Å²) in [7, 11) is 1.27. The molecule has 0 bridgehead atoms. The zero-order chi connectivity index (χ0) is 20.3. The van der Waals surface area contributed by atoms with E-state index in [9.17, 15) is 19.2 Å². The molecule has 28 heavy (non-hydrogen) atoms. The first-order valence-electron chi connectivity index (χ1n) is 8.46. The van der Waals surface area contributed by atoms with E-state index in [-0.39, 0.29) is 23.9 Å². The van der Waals surface area contributed by atoms with E-state index in [4.69, 9.17) is 0 Å². The first-order chi connectivity index (χ1) is 13.4. The Bertz CT molecular complexity index is 1000. The molecule has 0 atom stereocenters. The van der Waals surface area contributed by atoms with E-state index in [1.807, 2.05) is 0 Å². The maximum Gasteiger partial charge on any atom is 0.337 e. The second-order valence-corrected chi connectivity index (χ2v) is 6.88. The summed E-state index contributed by atoms with van der Waals surface area (Å²) >= 11 is 1.26. The number of thioether (sulfide) groups is 1. The highest BCUT2D eigenvalue weighted by Crippen LogP contribution is 2.31. The van der Waals surface area contributed by atoms with Gasteiger partial charge in [-0.25, -0.2) is 9.48 Å². The number of hydrogen-bond donors (Lipinski definition) is 1. The average Bonchev–Trinajstić information content (AvgIpc) is 2.69. The Labute approximate surface area is 164 Å². The van der Waals surface area contributed by atoms with Crippen LogP contribution in [-0.4, -0.2) is 47.0 Å². The highest BCUT2D eigenvalue weighted by atomic mass is 32.2. The Hall–Kier alpha value is -3.14. The summed E-state index contributed by atoms with van der Waals surface area (Å²) in [6, 6.07) is 6.25. The molecular weight excluding hydrogens is 384 g/mol. The topological polar surface area (TPSA) is 111 Å². The van der Waals surface area contributed by atoms with Crippen LogP contribution in [0.1, 0.15) is 17.3 Å². The van der Waals surface area contributed by atoms with Gasteiger partial charge in [-0.2, -0.15) is 5.10 Å². The van der Waals surface area contributed by atoms with Gasteiger partial charge in [-0.05, 0) is 25.1 Å². The van der Waals surface area contributed by atoms with E-state index in [1.165, 1.54) is 36.0 Å². The van der Waals surface area contributed by atoms with Crippen LogP contribution in [0.2, 0.25) is 0 Å². The zero-order valence-corrected chi connectivity index (χ0v) is 16.1. The maximum absolute atomic E-state index is 12.8. The lowest BCUT2D eigenvalue weighted by Gasteiger charge is -2.26. The first-order valence-corrected chi connectivity index (χ1v) is 9.44. The van der Waals surface area contributed by atoms with Crippen LogP contribution in [-0.2, 0) is 20.9 Å². The van der Waals surface area contributed by atoms with Gasteiger partial charge < -0.3 is 15.0 Å². The Kier molecular flexibility index (Phi) is 5.78. The molecule has 0 unspecified atom stereocenters. The third-order valence-electron chi connectivity index (χ3n) is 4.08. The molecule has 3 rings (SSSR count). The summed E-state index contributed by atoms with van der Waals surface area (Å²) < 4.78 is 5.66. The lowest BCUT2D eigenvalue weighted by Crippen LogP contribution is -2.42. The smallest absolute Gasteiger partial charge is 0.337 e. The van der Waals surface area contributed by atoms with Crippen molar-refractivity contribution in [3.63, 3.8) is 0 Å². The number of rotatable bonds is 5. The quantitative estimate of drug-likeness (QED) is 0.746. The van der Waals surface area contributed by atoms with Crippen LogP contribution in [0.5, 0.6) is 0 Å². The Morgan fingerprint density at radius 3 is 2.82 bits per heavy atom. The molecule has 0 fully saturated rings. The van der Waals surface area contributed by atoms with Crippen LogP contribution in [0.4, 0.5) is 11.4 Å². The molecule has 0 spiro atoms. The summed E-state index contributed by atoms with van der Waals surface area (Å²) in [6.07, 6.45) is 1.49. The van der Waals surface area contributed by atoms with Gasteiger partial charge in [-0.1, -0.05) is 6.07 Å². The second kappa shape index (κ2) is 8.26. The van der Waals surface area contributed by atoms with E-state index in [0.29, 0.717) is 22.7 Å². The van der Waals surface area contributed by atoms with Crippen molar-refractivity contribution in [1.82, 2.24) is 9.78 Å². The average molecular weight is 402 g/mol. The SMILES string of the molecule is CCN1C(=O)CSc2cnn(CC(=O)Nc3cccc(C(=O)OC)c3)c(=O)c21. The number of fused-ring (bicyclic) bond motifs is 1. The summed E-state index contributed by atoms with van der Waals surface area (Å²) in [5, 5.41) is 6.66. The van der Waals surface area contributed by atoms with E-state index in [1.54, 1.807) is 25.1 Å². The van der Waals surface area contributed by atoms with Crippen molar-refractivity contribution in [2.24, 2.45) is 0 Å². The van der Waals surface area contributed by atoms with Crippen molar-refractivity contribution in [2.45, 2.75) is 18.4 Å². The standard InChI is InChI=1S/C18H18N4O5S/c1-3-21-15(24)10-28-13-8-19-22(17(25)16(13)21)9-14(23)20-12-6-4-5-11(7-12)18(26)27-2/h4-8H,3,9-10H2,1-2H3,(H,20,23). The summed E-state index contributed by atoms with van der Waals surface area (Å²) in [5.74, 6) is -0.915. The number of esters is 1. The summed E-state index contributed by atoms with van der Waals surface area (Å²) in [5.41, 5.74) is 0.427. The minimum Gasteiger partial charge on any atom is -0.465 e. The van der Waals surface area contributed by atoms with E-state index < -0.39 is 17.4 Å². The molecule has 146 valence electrons. The molecule has 0 saturated heterocycles. The van der Waals surface area contributed by atoms with Gasteiger partial charge in [0, 0.05) is 12.2 Å². The lowest BCUT2D eigenvalue weighted by molar-refractivity contribution is -0.117.